The number of ether oxygens (including phenoxy) is 1. The molecule has 0 heterocycles. The molecular weight excluding hydrogens is 224 g/mol. The lowest BCUT2D eigenvalue weighted by Gasteiger charge is -2.14. The molecule has 2 heteroatoms. The van der Waals surface area contributed by atoms with E-state index in [4.69, 9.17) is 4.74 Å². The Balaban J connectivity index is 2.65. The van der Waals surface area contributed by atoms with E-state index in [-0.39, 0.29) is 17.8 Å². The molecule has 0 N–H and O–H groups in total. The van der Waals surface area contributed by atoms with Crippen LogP contribution in [0, 0.1) is 5.92 Å². The van der Waals surface area contributed by atoms with E-state index in [1.165, 1.54) is 11.1 Å². The van der Waals surface area contributed by atoms with Crippen LogP contribution in [0.1, 0.15) is 40.5 Å². The van der Waals surface area contributed by atoms with E-state index < -0.39 is 0 Å². The largest absolute Gasteiger partial charge is 0.376 e. The Kier molecular flexibility index (Phi) is 5.54. The zero-order valence-corrected chi connectivity index (χ0v) is 12.1. The highest BCUT2D eigenvalue weighted by Gasteiger charge is 2.32. The molecule has 18 heavy (non-hydrogen) atoms. The second-order valence-corrected chi connectivity index (χ2v) is 5.27. The molecule has 0 saturated heterocycles. The van der Waals surface area contributed by atoms with Crippen LogP contribution in [0.15, 0.2) is 34.9 Å². The fourth-order valence-electron chi connectivity index (χ4n) is 2.21. The van der Waals surface area contributed by atoms with Crippen LogP contribution in [0.4, 0.5) is 0 Å². The van der Waals surface area contributed by atoms with E-state index in [2.05, 4.69) is 32.9 Å². The number of carbonyl (C=O) groups excluding carboxylic acids is 1. The first-order valence-electron chi connectivity index (χ1n) is 6.51. The van der Waals surface area contributed by atoms with Crippen molar-refractivity contribution in [3.8, 4) is 0 Å². The minimum Gasteiger partial charge on any atom is -0.376 e. The van der Waals surface area contributed by atoms with Gasteiger partial charge in [0.2, 0.25) is 0 Å². The molecule has 0 aromatic heterocycles. The SMILES string of the molecule is CO[C@@H]1C=C(C)C(=O)[C@@H]1/C=C(\C)CCC=C(C)C. The van der Waals surface area contributed by atoms with Gasteiger partial charge >= 0.3 is 0 Å². The number of hydrogen-bond donors (Lipinski definition) is 0. The third kappa shape index (κ3) is 3.95. The van der Waals surface area contributed by atoms with Crippen molar-refractivity contribution in [2.75, 3.05) is 7.11 Å². The molecular formula is C16H24O2. The zero-order valence-electron chi connectivity index (χ0n) is 12.1. The summed E-state index contributed by atoms with van der Waals surface area (Å²) >= 11 is 0. The van der Waals surface area contributed by atoms with Gasteiger partial charge in [0.1, 0.15) is 0 Å². The smallest absolute Gasteiger partial charge is 0.168 e. The molecule has 1 rings (SSSR count). The molecule has 2 atom stereocenters. The average Bonchev–Trinajstić information content (AvgIpc) is 2.56. The second kappa shape index (κ2) is 6.69. The van der Waals surface area contributed by atoms with Crippen molar-refractivity contribution in [1.29, 1.82) is 0 Å². The van der Waals surface area contributed by atoms with Crippen molar-refractivity contribution in [2.45, 2.75) is 46.6 Å². The molecule has 0 radical (unpaired) electrons. The second-order valence-electron chi connectivity index (χ2n) is 5.27. The van der Waals surface area contributed by atoms with Gasteiger partial charge in [-0.05, 0) is 52.2 Å². The molecule has 1 aliphatic rings. The van der Waals surface area contributed by atoms with Crippen LogP contribution >= 0.6 is 0 Å². The average molecular weight is 248 g/mol. The summed E-state index contributed by atoms with van der Waals surface area (Å²) in [6, 6.07) is 0. The number of allylic oxidation sites excluding steroid dienone is 4. The minimum atomic E-state index is -0.123. The van der Waals surface area contributed by atoms with Gasteiger partial charge in [0.15, 0.2) is 5.78 Å². The summed E-state index contributed by atoms with van der Waals surface area (Å²) in [4.78, 5) is 12.0. The van der Waals surface area contributed by atoms with Crippen molar-refractivity contribution < 1.29 is 9.53 Å². The Hall–Kier alpha value is -1.15. The van der Waals surface area contributed by atoms with Gasteiger partial charge in [0.25, 0.3) is 0 Å². The highest BCUT2D eigenvalue weighted by Crippen LogP contribution is 2.26. The first-order valence-corrected chi connectivity index (χ1v) is 6.51. The van der Waals surface area contributed by atoms with Crippen LogP contribution in [-0.4, -0.2) is 19.0 Å². The van der Waals surface area contributed by atoms with Crippen molar-refractivity contribution in [1.82, 2.24) is 0 Å². The lowest BCUT2D eigenvalue weighted by atomic mass is 9.97. The molecule has 0 amide bonds. The Morgan fingerprint density at radius 2 is 2.06 bits per heavy atom. The molecule has 0 saturated carbocycles. The quantitative estimate of drug-likeness (QED) is 0.691. The van der Waals surface area contributed by atoms with E-state index >= 15 is 0 Å². The van der Waals surface area contributed by atoms with E-state index in [0.29, 0.717) is 0 Å². The molecule has 1 aliphatic carbocycles. The summed E-state index contributed by atoms with van der Waals surface area (Å²) in [5.41, 5.74) is 3.42. The number of Topliss-reactive ketones (excluding diaryl/α,β-unsaturated/α-hetero) is 1. The predicted octanol–water partition coefficient (Wildman–Crippen LogP) is 3.84. The van der Waals surface area contributed by atoms with Crippen LogP contribution in [0.5, 0.6) is 0 Å². The van der Waals surface area contributed by atoms with E-state index in [9.17, 15) is 4.79 Å². The van der Waals surface area contributed by atoms with Gasteiger partial charge in [-0.2, -0.15) is 0 Å². The Morgan fingerprint density at radius 1 is 1.39 bits per heavy atom. The van der Waals surface area contributed by atoms with Crippen LogP contribution < -0.4 is 0 Å². The fourth-order valence-corrected chi connectivity index (χ4v) is 2.21. The maximum absolute atomic E-state index is 12.0. The molecule has 2 nitrogen and oxygen atoms in total. The van der Waals surface area contributed by atoms with Crippen LogP contribution in [0.2, 0.25) is 0 Å². The number of carbonyl (C=O) groups is 1. The molecule has 0 aromatic rings. The fraction of sp³-hybridized carbons (Fsp3) is 0.562. The number of hydrogen-bond acceptors (Lipinski definition) is 2. The highest BCUT2D eigenvalue weighted by atomic mass is 16.5. The van der Waals surface area contributed by atoms with Gasteiger partial charge in [-0.3, -0.25) is 4.79 Å². The minimum absolute atomic E-state index is 0.0871. The first kappa shape index (κ1) is 14.9. The van der Waals surface area contributed by atoms with Crippen LogP contribution in [0.25, 0.3) is 0 Å². The first-order chi connectivity index (χ1) is 8.45. The third-order valence-electron chi connectivity index (χ3n) is 3.29. The lowest BCUT2D eigenvalue weighted by Crippen LogP contribution is -2.20. The Labute approximate surface area is 110 Å². The third-order valence-corrected chi connectivity index (χ3v) is 3.29. The van der Waals surface area contributed by atoms with E-state index in [0.717, 1.165) is 18.4 Å². The standard InChI is InChI=1S/C16H24O2/c1-11(2)7-6-8-12(3)9-14-15(18-5)10-13(4)16(14)17/h7,9-10,14-15H,6,8H2,1-5H3/b12-9+/t14-,15-/m1/s1. The van der Waals surface area contributed by atoms with Gasteiger partial charge in [0.05, 0.1) is 12.0 Å². The molecule has 0 aromatic carbocycles. The molecule has 0 aliphatic heterocycles. The summed E-state index contributed by atoms with van der Waals surface area (Å²) in [6.07, 6.45) is 8.18. The monoisotopic (exact) mass is 248 g/mol. The van der Waals surface area contributed by atoms with E-state index in [1.54, 1.807) is 7.11 Å². The Morgan fingerprint density at radius 3 is 2.61 bits per heavy atom. The zero-order chi connectivity index (χ0) is 13.7. The van der Waals surface area contributed by atoms with E-state index in [1.807, 2.05) is 13.0 Å². The van der Waals surface area contributed by atoms with Crippen molar-refractivity contribution in [2.24, 2.45) is 5.92 Å². The normalized spacial score (nSPS) is 24.2. The molecule has 0 bridgehead atoms. The van der Waals surface area contributed by atoms with Crippen molar-refractivity contribution in [3.63, 3.8) is 0 Å². The number of rotatable bonds is 5. The number of methoxy groups -OCH3 is 1. The van der Waals surface area contributed by atoms with Crippen molar-refractivity contribution in [3.05, 3.63) is 34.9 Å². The Bertz CT molecular complexity index is 395. The maximum Gasteiger partial charge on any atom is 0.168 e. The summed E-state index contributed by atoms with van der Waals surface area (Å²) in [5.74, 6) is 0.0742. The lowest BCUT2D eigenvalue weighted by molar-refractivity contribution is -0.119. The summed E-state index contributed by atoms with van der Waals surface area (Å²) < 4.78 is 5.35. The summed E-state index contributed by atoms with van der Waals surface area (Å²) in [7, 11) is 1.66. The molecule has 0 fully saturated rings. The van der Waals surface area contributed by atoms with Gasteiger partial charge < -0.3 is 4.74 Å². The van der Waals surface area contributed by atoms with Crippen molar-refractivity contribution >= 4 is 5.78 Å². The maximum atomic E-state index is 12.0. The molecule has 0 spiro atoms. The molecule has 0 unspecified atom stereocenters. The van der Waals surface area contributed by atoms with Crippen LogP contribution in [0.3, 0.4) is 0 Å². The predicted molar refractivity (Wildman–Crippen MR) is 75.5 cm³/mol. The van der Waals surface area contributed by atoms with Gasteiger partial charge in [-0.15, -0.1) is 0 Å². The summed E-state index contributed by atoms with van der Waals surface area (Å²) in [6.45, 7) is 8.16. The highest BCUT2D eigenvalue weighted by molar-refractivity contribution is 6.01. The van der Waals surface area contributed by atoms with Gasteiger partial charge in [-0.25, -0.2) is 0 Å². The van der Waals surface area contributed by atoms with Gasteiger partial charge in [-0.1, -0.05) is 23.3 Å². The summed E-state index contributed by atoms with van der Waals surface area (Å²) in [5, 5.41) is 0. The van der Waals surface area contributed by atoms with Gasteiger partial charge in [0, 0.05) is 7.11 Å². The number of ketones is 1. The van der Waals surface area contributed by atoms with Crippen LogP contribution in [-0.2, 0) is 9.53 Å². The molecule has 100 valence electrons. The topological polar surface area (TPSA) is 26.3 Å².